The number of methoxy groups -OCH3 is 1. The molecule has 3 unspecified atom stereocenters. The van der Waals surface area contributed by atoms with E-state index < -0.39 is 83.4 Å². The summed E-state index contributed by atoms with van der Waals surface area (Å²) >= 11 is 0. The number of carbonyl (C=O) groups excluding carboxylic acids is 3. The van der Waals surface area contributed by atoms with Gasteiger partial charge in [0.15, 0.2) is 0 Å². The number of nitrogens with one attached hydrogen (secondary N) is 1. The van der Waals surface area contributed by atoms with Gasteiger partial charge in [0.05, 0.1) is 52.3 Å². The van der Waals surface area contributed by atoms with Gasteiger partial charge in [-0.15, -0.1) is 0 Å². The fraction of sp³-hybridized carbons (Fsp3) is 0.756. The van der Waals surface area contributed by atoms with Crippen LogP contribution in [0, 0.1) is 23.2 Å². The highest BCUT2D eigenvalue weighted by Crippen LogP contribution is 2.52. The number of hydrogen-bond acceptors (Lipinski definition) is 12. The molecule has 2 amide bonds. The minimum Gasteiger partial charge on any atom is -0.465 e. The molecular weight excluding hydrogens is 743 g/mol. The summed E-state index contributed by atoms with van der Waals surface area (Å²) in [5, 5.41) is 23.8. The Labute approximate surface area is 346 Å². The highest BCUT2D eigenvalue weighted by molar-refractivity contribution is 7.03. The molecule has 1 saturated carbocycles. The molecule has 1 aromatic carbocycles. The Morgan fingerprint density at radius 1 is 0.983 bits per heavy atom. The van der Waals surface area contributed by atoms with Crippen LogP contribution in [0.4, 0.5) is 4.79 Å². The smallest absolute Gasteiger partial charge is 0.465 e. The van der Waals surface area contributed by atoms with E-state index in [4.69, 9.17) is 32.7 Å². The van der Waals surface area contributed by atoms with E-state index in [-0.39, 0.29) is 29.9 Å². The zero-order chi connectivity index (χ0) is 43.6. The van der Waals surface area contributed by atoms with E-state index in [1.54, 1.807) is 71.6 Å². The van der Waals surface area contributed by atoms with Crippen molar-refractivity contribution in [2.24, 2.45) is 11.8 Å². The number of nitrogens with zero attached hydrogens (tertiary/aromatic N) is 2. The molecule has 0 spiro atoms. The predicted molar refractivity (Wildman–Crippen MR) is 219 cm³/mol. The van der Waals surface area contributed by atoms with Crippen molar-refractivity contribution in [3.8, 4) is 6.07 Å². The van der Waals surface area contributed by atoms with Crippen LogP contribution in [0.25, 0.3) is 0 Å². The number of benzene rings is 1. The molecule has 3 heterocycles. The molecule has 2 bridgehead atoms. The van der Waals surface area contributed by atoms with Crippen molar-refractivity contribution in [3.63, 3.8) is 0 Å². The summed E-state index contributed by atoms with van der Waals surface area (Å²) < 4.78 is 42.2. The van der Waals surface area contributed by atoms with Crippen LogP contribution in [0.2, 0.25) is 0 Å². The Morgan fingerprint density at radius 2 is 1.60 bits per heavy atom. The molecule has 1 radical (unpaired) electrons. The van der Waals surface area contributed by atoms with Gasteiger partial charge in [0, 0.05) is 12.5 Å². The Morgan fingerprint density at radius 3 is 2.16 bits per heavy atom. The molecule has 4 aliphatic rings. The molecule has 17 heteroatoms. The summed E-state index contributed by atoms with van der Waals surface area (Å²) in [7, 11) is 1.16. The maximum Gasteiger partial charge on any atom is 0.495 e. The van der Waals surface area contributed by atoms with Crippen molar-refractivity contribution in [2.75, 3.05) is 7.11 Å². The van der Waals surface area contributed by atoms with Crippen molar-refractivity contribution < 1.29 is 52.2 Å². The fourth-order valence-electron chi connectivity index (χ4n) is 8.17. The summed E-state index contributed by atoms with van der Waals surface area (Å²) in [5.74, 6) is -1.28. The minimum absolute atomic E-state index is 0.0482. The zero-order valence-electron chi connectivity index (χ0n) is 37.1. The second kappa shape index (κ2) is 15.7. The summed E-state index contributed by atoms with van der Waals surface area (Å²) in [5.41, 5.74) is -4.30. The van der Waals surface area contributed by atoms with Gasteiger partial charge >= 0.3 is 33.6 Å². The van der Waals surface area contributed by atoms with E-state index in [9.17, 15) is 24.8 Å². The van der Waals surface area contributed by atoms with Gasteiger partial charge in [-0.2, -0.15) is 5.26 Å². The summed E-state index contributed by atoms with van der Waals surface area (Å²) in [6.45, 7) is 25.9. The van der Waals surface area contributed by atoms with Gasteiger partial charge in [-0.25, -0.2) is 9.59 Å². The molecule has 14 nitrogen and oxygen atoms in total. The number of ether oxygens (including phenoxy) is 2. The zero-order valence-corrected chi connectivity index (χ0v) is 37.1. The largest absolute Gasteiger partial charge is 0.495 e. The number of esters is 1. The maximum absolute atomic E-state index is 14.2. The number of aliphatic hydroxyl groups is 1. The summed E-state index contributed by atoms with van der Waals surface area (Å²) in [6.07, 6.45) is 1.25. The van der Waals surface area contributed by atoms with Crippen LogP contribution in [-0.2, 0) is 44.0 Å². The van der Waals surface area contributed by atoms with Crippen LogP contribution >= 0.6 is 0 Å². The summed E-state index contributed by atoms with van der Waals surface area (Å²) in [6, 6.07) is 5.18. The number of likely N-dealkylation sites (tertiary alicyclic amines) is 1. The molecule has 317 valence electrons. The number of amides is 2. The van der Waals surface area contributed by atoms with Crippen LogP contribution in [-0.4, -0.2) is 114 Å². The highest BCUT2D eigenvalue weighted by atomic mass is 16.7. The molecule has 3 saturated heterocycles. The van der Waals surface area contributed by atoms with E-state index in [0.717, 1.165) is 0 Å². The molecule has 2 N–H and O–H groups in total. The lowest BCUT2D eigenvalue weighted by Gasteiger charge is -2.44. The first kappa shape index (κ1) is 45.9. The average molecular weight is 806 g/mol. The Balaban J connectivity index is 1.32. The first-order valence-corrected chi connectivity index (χ1v) is 20.3. The van der Waals surface area contributed by atoms with Gasteiger partial charge < -0.3 is 43.2 Å². The molecule has 1 aromatic rings. The number of rotatable bonds is 12. The van der Waals surface area contributed by atoms with Crippen molar-refractivity contribution >= 4 is 44.9 Å². The quantitative estimate of drug-likeness (QED) is 0.224. The number of nitriles is 1. The minimum atomic E-state index is -1.12. The molecule has 1 aliphatic carbocycles. The monoisotopic (exact) mass is 806 g/mol. The lowest BCUT2D eigenvalue weighted by molar-refractivity contribution is -0.129. The third kappa shape index (κ3) is 9.12. The predicted octanol–water partition coefficient (Wildman–Crippen LogP) is 4.48. The van der Waals surface area contributed by atoms with Crippen LogP contribution in [0.15, 0.2) is 18.2 Å². The normalized spacial score (nSPS) is 27.9. The lowest BCUT2D eigenvalue weighted by atomic mass is 9.55. The highest BCUT2D eigenvalue weighted by Gasteiger charge is 2.62. The van der Waals surface area contributed by atoms with Crippen LogP contribution in [0.3, 0.4) is 0 Å². The van der Waals surface area contributed by atoms with Crippen molar-refractivity contribution in [1.82, 2.24) is 10.2 Å². The van der Waals surface area contributed by atoms with Crippen LogP contribution in [0.1, 0.15) is 132 Å². The first-order chi connectivity index (χ1) is 26.4. The van der Waals surface area contributed by atoms with E-state index in [0.29, 0.717) is 30.3 Å². The van der Waals surface area contributed by atoms with Crippen LogP contribution < -0.4 is 10.8 Å². The Kier molecular flexibility index (Phi) is 12.5. The second-order valence-electron chi connectivity index (χ2n) is 20.2. The average Bonchev–Trinajstić information content (AvgIpc) is 3.78. The number of hydrogen-bond donors (Lipinski definition) is 2. The van der Waals surface area contributed by atoms with E-state index in [1.165, 1.54) is 14.5 Å². The molecule has 4 fully saturated rings. The number of piperidine rings is 1. The maximum atomic E-state index is 14.2. The SMILES string of the molecule is COC(=O)c1cc(CC(C#N)NC(=O)[C@@H]2[C@H]3CC(CC4(C)OB([B]OC(C)(C)C(C)(C)O)OC4(C)C)[C@H](C3)N2C(=O)OC(C)(C)C)ccc1B1OC(C)(C)C(C)(C)O1. The number of fused-ring (bicyclic) bond motifs is 2. The molecular formula is C41H63B3N3O11. The third-order valence-electron chi connectivity index (χ3n) is 13.3. The topological polar surface area (TPSA) is 175 Å². The van der Waals surface area contributed by atoms with Crippen LogP contribution in [0.5, 0.6) is 0 Å². The van der Waals surface area contributed by atoms with Crippen molar-refractivity contribution in [3.05, 3.63) is 29.3 Å². The second-order valence-corrected chi connectivity index (χ2v) is 20.2. The van der Waals surface area contributed by atoms with Gasteiger partial charge in [0.25, 0.3) is 0 Å². The molecule has 0 aromatic heterocycles. The van der Waals surface area contributed by atoms with Gasteiger partial charge in [-0.1, -0.05) is 12.1 Å². The third-order valence-corrected chi connectivity index (χ3v) is 13.3. The van der Waals surface area contributed by atoms with Gasteiger partial charge in [-0.05, 0) is 145 Å². The van der Waals surface area contributed by atoms with E-state index in [1.807, 2.05) is 48.5 Å². The van der Waals surface area contributed by atoms with Crippen molar-refractivity contribution in [1.29, 1.82) is 5.26 Å². The number of carbonyl (C=O) groups is 3. The van der Waals surface area contributed by atoms with Gasteiger partial charge in [0.2, 0.25) is 5.91 Å². The van der Waals surface area contributed by atoms with Gasteiger partial charge in [0.1, 0.15) is 17.7 Å². The van der Waals surface area contributed by atoms with Gasteiger partial charge in [-0.3, -0.25) is 9.69 Å². The molecule has 3 aliphatic heterocycles. The first-order valence-electron chi connectivity index (χ1n) is 20.3. The summed E-state index contributed by atoms with van der Waals surface area (Å²) in [4.78, 5) is 42.8. The molecule has 58 heavy (non-hydrogen) atoms. The van der Waals surface area contributed by atoms with E-state index >= 15 is 0 Å². The standard InChI is InChI=1S/C41H63B3N3O11/c1-35(2,3)53-34(50)47-30-21-25(20-26(30)22-41(14)40(12,13)57-44(58-41)42-54-37(6,7)36(4,5)51)31(47)32(48)46-27(23-45)18-24-16-17-29(28(19-24)33(49)52-15)43-55-38(8,9)39(10,11)56-43/h16-17,19,25-27,30-31,51H,18,20-22H2,1-15H3,(H,46,48)/t25-,26?,27?,30-,31-,41?/m0/s1. The van der Waals surface area contributed by atoms with E-state index in [2.05, 4.69) is 11.4 Å². The molecule has 6 atom stereocenters. The van der Waals surface area contributed by atoms with Crippen molar-refractivity contribution in [2.45, 2.75) is 180 Å². The molecule has 5 rings (SSSR count). The Hall–Kier alpha value is -3.13. The Bertz CT molecular complexity index is 1770. The lowest BCUT2D eigenvalue weighted by Crippen LogP contribution is -2.58. The fourth-order valence-corrected chi connectivity index (χ4v) is 8.17.